The van der Waals surface area contributed by atoms with Gasteiger partial charge in [0.2, 0.25) is 0 Å². The third kappa shape index (κ3) is 5.21. The molecule has 1 aromatic carbocycles. The van der Waals surface area contributed by atoms with Crippen LogP contribution in [0.5, 0.6) is 0 Å². The molecule has 1 N–H and O–H groups in total. The molecule has 19 heavy (non-hydrogen) atoms. The molecular formula is C15H23BrFNO. The van der Waals surface area contributed by atoms with E-state index in [1.165, 1.54) is 6.07 Å². The van der Waals surface area contributed by atoms with Gasteiger partial charge in [-0.05, 0) is 59.9 Å². The van der Waals surface area contributed by atoms with Gasteiger partial charge in [0.05, 0.1) is 10.6 Å². The Labute approximate surface area is 123 Å². The number of halogens is 2. The summed E-state index contributed by atoms with van der Waals surface area (Å²) in [5, 5.41) is 3.47. The van der Waals surface area contributed by atoms with Crippen LogP contribution < -0.4 is 5.32 Å². The Balaban J connectivity index is 2.78. The Morgan fingerprint density at radius 1 is 1.32 bits per heavy atom. The normalized spacial score (nSPS) is 14.4. The minimum atomic E-state index is -0.222. The predicted molar refractivity (Wildman–Crippen MR) is 81.0 cm³/mol. The summed E-state index contributed by atoms with van der Waals surface area (Å²) in [5.41, 5.74) is 1.11. The maximum absolute atomic E-state index is 13.2. The highest BCUT2D eigenvalue weighted by Crippen LogP contribution is 2.19. The van der Waals surface area contributed by atoms with Gasteiger partial charge < -0.3 is 10.1 Å². The van der Waals surface area contributed by atoms with Crippen LogP contribution >= 0.6 is 15.9 Å². The number of rotatable bonds is 8. The van der Waals surface area contributed by atoms with Crippen LogP contribution in [0, 0.1) is 5.82 Å². The molecule has 0 saturated heterocycles. The molecule has 0 spiro atoms. The average molecular weight is 332 g/mol. The van der Waals surface area contributed by atoms with Gasteiger partial charge >= 0.3 is 0 Å². The molecule has 0 amide bonds. The van der Waals surface area contributed by atoms with Crippen LogP contribution in [-0.2, 0) is 11.2 Å². The van der Waals surface area contributed by atoms with E-state index in [1.807, 2.05) is 19.1 Å². The molecule has 0 saturated carbocycles. The number of likely N-dealkylation sites (N-methyl/N-ethyl adjacent to an activating group) is 1. The lowest BCUT2D eigenvalue weighted by atomic mass is 9.99. The summed E-state index contributed by atoms with van der Waals surface area (Å²) in [6.07, 6.45) is 1.99. The van der Waals surface area contributed by atoms with E-state index in [4.69, 9.17) is 4.74 Å². The first-order chi connectivity index (χ1) is 9.12. The summed E-state index contributed by atoms with van der Waals surface area (Å²) in [5.74, 6) is -0.222. The van der Waals surface area contributed by atoms with Crippen LogP contribution in [-0.4, -0.2) is 25.3 Å². The first-order valence-electron chi connectivity index (χ1n) is 6.91. The van der Waals surface area contributed by atoms with Gasteiger partial charge in [0, 0.05) is 12.6 Å². The lowest BCUT2D eigenvalue weighted by molar-refractivity contribution is 0.0323. The molecule has 1 aromatic rings. The second-order valence-corrected chi connectivity index (χ2v) is 5.37. The topological polar surface area (TPSA) is 21.3 Å². The monoisotopic (exact) mass is 331 g/mol. The van der Waals surface area contributed by atoms with Gasteiger partial charge in [-0.3, -0.25) is 0 Å². The number of benzene rings is 1. The standard InChI is InChI=1S/C15H23BrFNO/c1-4-15(19-6-3)14(18-5-2)10-11-7-8-13(17)12(16)9-11/h7-9,14-15,18H,4-6,10H2,1-3H3. The quantitative estimate of drug-likeness (QED) is 0.779. The number of nitrogens with one attached hydrogen (secondary N) is 1. The van der Waals surface area contributed by atoms with Crippen molar-refractivity contribution in [3.05, 3.63) is 34.1 Å². The highest BCUT2D eigenvalue weighted by Gasteiger charge is 2.20. The number of ether oxygens (including phenoxy) is 1. The summed E-state index contributed by atoms with van der Waals surface area (Å²) < 4.78 is 19.5. The van der Waals surface area contributed by atoms with E-state index >= 15 is 0 Å². The molecule has 4 heteroatoms. The summed E-state index contributed by atoms with van der Waals surface area (Å²) in [6, 6.07) is 5.44. The zero-order valence-electron chi connectivity index (χ0n) is 11.9. The van der Waals surface area contributed by atoms with Gasteiger partial charge in [-0.1, -0.05) is 19.9 Å². The minimum absolute atomic E-state index is 0.189. The fourth-order valence-electron chi connectivity index (χ4n) is 2.25. The molecule has 0 aromatic heterocycles. The molecule has 0 heterocycles. The van der Waals surface area contributed by atoms with Gasteiger partial charge in [0.25, 0.3) is 0 Å². The molecule has 0 radical (unpaired) electrons. The molecule has 0 aliphatic rings. The van der Waals surface area contributed by atoms with Gasteiger partial charge in [-0.2, -0.15) is 0 Å². The second kappa shape index (κ2) is 8.67. The third-order valence-electron chi connectivity index (χ3n) is 3.14. The fraction of sp³-hybridized carbons (Fsp3) is 0.600. The van der Waals surface area contributed by atoms with E-state index in [-0.39, 0.29) is 18.0 Å². The zero-order valence-corrected chi connectivity index (χ0v) is 13.5. The number of hydrogen-bond donors (Lipinski definition) is 1. The minimum Gasteiger partial charge on any atom is -0.377 e. The molecule has 2 atom stereocenters. The second-order valence-electron chi connectivity index (χ2n) is 4.52. The Morgan fingerprint density at radius 2 is 2.05 bits per heavy atom. The van der Waals surface area contributed by atoms with Crippen molar-refractivity contribution in [2.45, 2.75) is 45.8 Å². The van der Waals surface area contributed by atoms with Crippen molar-refractivity contribution in [3.8, 4) is 0 Å². The van der Waals surface area contributed by atoms with Crippen molar-refractivity contribution < 1.29 is 9.13 Å². The van der Waals surface area contributed by atoms with Crippen molar-refractivity contribution in [1.82, 2.24) is 5.32 Å². The zero-order chi connectivity index (χ0) is 14.3. The molecule has 0 aliphatic heterocycles. The molecule has 0 fully saturated rings. The summed E-state index contributed by atoms with van der Waals surface area (Å²) >= 11 is 3.23. The highest BCUT2D eigenvalue weighted by atomic mass is 79.9. The molecule has 0 bridgehead atoms. The van der Waals surface area contributed by atoms with Crippen molar-refractivity contribution in [3.63, 3.8) is 0 Å². The van der Waals surface area contributed by atoms with Gasteiger partial charge in [0.15, 0.2) is 0 Å². The van der Waals surface area contributed by atoms with E-state index in [9.17, 15) is 4.39 Å². The van der Waals surface area contributed by atoms with Gasteiger partial charge in [-0.25, -0.2) is 4.39 Å². The maximum atomic E-state index is 13.2. The lowest BCUT2D eigenvalue weighted by Gasteiger charge is -2.27. The van der Waals surface area contributed by atoms with E-state index in [0.29, 0.717) is 11.1 Å². The van der Waals surface area contributed by atoms with Crippen LogP contribution in [0.4, 0.5) is 4.39 Å². The molecule has 1 rings (SSSR count). The van der Waals surface area contributed by atoms with Crippen molar-refractivity contribution in [1.29, 1.82) is 0 Å². The van der Waals surface area contributed by atoms with Crippen molar-refractivity contribution in [2.24, 2.45) is 0 Å². The third-order valence-corrected chi connectivity index (χ3v) is 3.75. The van der Waals surface area contributed by atoms with Crippen LogP contribution in [0.15, 0.2) is 22.7 Å². The fourth-order valence-corrected chi connectivity index (χ4v) is 2.68. The Kier molecular flexibility index (Phi) is 7.57. The summed E-state index contributed by atoms with van der Waals surface area (Å²) in [4.78, 5) is 0. The SMILES string of the molecule is CCNC(Cc1ccc(F)c(Br)c1)C(CC)OCC. The average Bonchev–Trinajstić information content (AvgIpc) is 2.40. The predicted octanol–water partition coefficient (Wildman–Crippen LogP) is 3.92. The highest BCUT2D eigenvalue weighted by molar-refractivity contribution is 9.10. The smallest absolute Gasteiger partial charge is 0.137 e. The Bertz CT molecular complexity index is 386. The molecule has 2 unspecified atom stereocenters. The van der Waals surface area contributed by atoms with E-state index in [1.54, 1.807) is 0 Å². The summed E-state index contributed by atoms with van der Waals surface area (Å²) in [7, 11) is 0. The largest absolute Gasteiger partial charge is 0.377 e. The maximum Gasteiger partial charge on any atom is 0.137 e. The van der Waals surface area contributed by atoms with Gasteiger partial charge in [-0.15, -0.1) is 0 Å². The Morgan fingerprint density at radius 3 is 2.58 bits per heavy atom. The van der Waals surface area contributed by atoms with Crippen LogP contribution in [0.1, 0.15) is 32.8 Å². The molecule has 0 aliphatic carbocycles. The first-order valence-corrected chi connectivity index (χ1v) is 7.70. The lowest BCUT2D eigenvalue weighted by Crippen LogP contribution is -2.42. The van der Waals surface area contributed by atoms with Crippen molar-refractivity contribution in [2.75, 3.05) is 13.2 Å². The van der Waals surface area contributed by atoms with Crippen molar-refractivity contribution >= 4 is 15.9 Å². The van der Waals surface area contributed by atoms with E-state index < -0.39 is 0 Å². The van der Waals surface area contributed by atoms with Gasteiger partial charge in [0.1, 0.15) is 5.82 Å². The Hall–Kier alpha value is -0.450. The van der Waals surface area contributed by atoms with Crippen LogP contribution in [0.2, 0.25) is 0 Å². The van der Waals surface area contributed by atoms with Crippen LogP contribution in [0.3, 0.4) is 0 Å². The van der Waals surface area contributed by atoms with E-state index in [2.05, 4.69) is 35.1 Å². The molecule has 108 valence electrons. The molecule has 2 nitrogen and oxygen atoms in total. The number of hydrogen-bond acceptors (Lipinski definition) is 2. The summed E-state index contributed by atoms with van der Waals surface area (Å²) in [6.45, 7) is 7.85. The van der Waals surface area contributed by atoms with E-state index in [0.717, 1.165) is 24.9 Å². The van der Waals surface area contributed by atoms with Crippen LogP contribution in [0.25, 0.3) is 0 Å². The first kappa shape index (κ1) is 16.6. The molecular weight excluding hydrogens is 309 g/mol.